The van der Waals surface area contributed by atoms with Gasteiger partial charge in [-0.2, -0.15) is 25.3 Å². The van der Waals surface area contributed by atoms with Gasteiger partial charge in [0.15, 0.2) is 0 Å². The van der Waals surface area contributed by atoms with Crippen molar-refractivity contribution >= 4 is 25.3 Å². The van der Waals surface area contributed by atoms with Gasteiger partial charge in [-0.05, 0) is 31.9 Å². The third-order valence-electron chi connectivity index (χ3n) is 2.50. The van der Waals surface area contributed by atoms with Crippen LogP contribution in [0.15, 0.2) is 0 Å². The van der Waals surface area contributed by atoms with E-state index in [0.29, 0.717) is 17.3 Å². The largest absolute Gasteiger partial charge is 0.312 e. The fraction of sp³-hybridized carbons (Fsp3) is 1.00. The minimum absolute atomic E-state index is 0.552. The normalized spacial score (nSPS) is 15.6. The van der Waals surface area contributed by atoms with Crippen LogP contribution in [0.1, 0.15) is 52.9 Å². The van der Waals surface area contributed by atoms with Crippen molar-refractivity contribution in [3.8, 4) is 0 Å². The van der Waals surface area contributed by atoms with E-state index in [1.807, 2.05) is 0 Å². The first kappa shape index (κ1) is 15.7. The van der Waals surface area contributed by atoms with Gasteiger partial charge in [0, 0.05) is 17.3 Å². The number of hydrogen-bond acceptors (Lipinski definition) is 3. The van der Waals surface area contributed by atoms with Crippen molar-refractivity contribution in [1.82, 2.24) is 5.32 Å². The number of thiol groups is 2. The van der Waals surface area contributed by atoms with Crippen molar-refractivity contribution in [3.05, 3.63) is 0 Å². The number of rotatable bonds is 9. The van der Waals surface area contributed by atoms with Gasteiger partial charge in [0.25, 0.3) is 0 Å². The van der Waals surface area contributed by atoms with Crippen molar-refractivity contribution < 1.29 is 0 Å². The van der Waals surface area contributed by atoms with Crippen LogP contribution in [0, 0.1) is 0 Å². The van der Waals surface area contributed by atoms with Crippen LogP contribution in [-0.2, 0) is 0 Å². The third kappa shape index (κ3) is 10.9. The van der Waals surface area contributed by atoms with Crippen molar-refractivity contribution in [2.75, 3.05) is 5.75 Å². The molecule has 0 rings (SSSR count). The summed E-state index contributed by atoms with van der Waals surface area (Å²) in [7, 11) is 0. The molecule has 3 heteroatoms. The summed E-state index contributed by atoms with van der Waals surface area (Å²) >= 11 is 8.74. The van der Waals surface area contributed by atoms with Crippen LogP contribution in [0.2, 0.25) is 0 Å². The van der Waals surface area contributed by atoms with Gasteiger partial charge in [0.05, 0.1) is 0 Å². The van der Waals surface area contributed by atoms with E-state index in [2.05, 4.69) is 51.3 Å². The predicted molar refractivity (Wildman–Crippen MR) is 77.4 cm³/mol. The molecule has 0 saturated carbocycles. The second-order valence-corrected chi connectivity index (χ2v) is 5.85. The molecule has 0 heterocycles. The van der Waals surface area contributed by atoms with Crippen LogP contribution in [-0.4, -0.2) is 23.1 Å². The second kappa shape index (κ2) is 9.86. The maximum absolute atomic E-state index is 4.53. The monoisotopic (exact) mass is 249 g/mol. The lowest BCUT2D eigenvalue weighted by Gasteiger charge is -2.17. The Morgan fingerprint density at radius 3 is 2.13 bits per heavy atom. The molecule has 92 valence electrons. The Balaban J connectivity index is 3.30. The van der Waals surface area contributed by atoms with Gasteiger partial charge >= 0.3 is 0 Å². The van der Waals surface area contributed by atoms with Gasteiger partial charge in [-0.15, -0.1) is 0 Å². The molecule has 0 aliphatic rings. The molecule has 2 unspecified atom stereocenters. The van der Waals surface area contributed by atoms with E-state index in [4.69, 9.17) is 0 Å². The average molecular weight is 249 g/mol. The van der Waals surface area contributed by atoms with Crippen molar-refractivity contribution in [3.63, 3.8) is 0 Å². The molecule has 0 amide bonds. The highest BCUT2D eigenvalue weighted by molar-refractivity contribution is 7.81. The maximum Gasteiger partial charge on any atom is 0.00410 e. The van der Waals surface area contributed by atoms with Crippen LogP contribution < -0.4 is 5.32 Å². The van der Waals surface area contributed by atoms with Gasteiger partial charge < -0.3 is 5.32 Å². The molecule has 0 spiro atoms. The van der Waals surface area contributed by atoms with Gasteiger partial charge in [-0.1, -0.05) is 26.7 Å². The maximum atomic E-state index is 4.53. The van der Waals surface area contributed by atoms with Crippen LogP contribution in [0.5, 0.6) is 0 Å². The van der Waals surface area contributed by atoms with Gasteiger partial charge in [0.1, 0.15) is 0 Å². The highest BCUT2D eigenvalue weighted by atomic mass is 32.1. The van der Waals surface area contributed by atoms with E-state index in [1.165, 1.54) is 25.7 Å². The zero-order valence-electron chi connectivity index (χ0n) is 10.4. The summed E-state index contributed by atoms with van der Waals surface area (Å²) in [6, 6.07) is 1.25. The Kier molecular flexibility index (Phi) is 10.3. The Hall–Kier alpha value is 0.660. The topological polar surface area (TPSA) is 12.0 Å². The van der Waals surface area contributed by atoms with E-state index in [1.54, 1.807) is 0 Å². The fourth-order valence-corrected chi connectivity index (χ4v) is 2.60. The molecular weight excluding hydrogens is 222 g/mol. The first-order valence-corrected chi connectivity index (χ1v) is 7.26. The summed E-state index contributed by atoms with van der Waals surface area (Å²) in [5, 5.41) is 4.08. The Labute approximate surface area is 107 Å². The Bertz CT molecular complexity index is 140. The molecule has 0 aliphatic carbocycles. The summed E-state index contributed by atoms with van der Waals surface area (Å²) < 4.78 is 0. The van der Waals surface area contributed by atoms with Crippen molar-refractivity contribution in [2.45, 2.75) is 70.2 Å². The second-order valence-electron chi connectivity index (χ2n) is 4.67. The molecule has 0 saturated heterocycles. The molecule has 0 bridgehead atoms. The molecule has 1 nitrogen and oxygen atoms in total. The molecule has 0 aromatic heterocycles. The summed E-state index contributed by atoms with van der Waals surface area (Å²) in [4.78, 5) is 0. The van der Waals surface area contributed by atoms with Gasteiger partial charge in [-0.3, -0.25) is 0 Å². The summed E-state index contributed by atoms with van der Waals surface area (Å²) in [5.74, 6) is 0.958. The molecule has 0 radical (unpaired) electrons. The SMILES string of the molecule is CC(C)NC(C)CCCCC(S)CCS. The molecule has 0 aromatic carbocycles. The predicted octanol–water partition coefficient (Wildman–Crippen LogP) is 3.55. The molecule has 0 aliphatic heterocycles. The number of hydrogen-bond donors (Lipinski definition) is 3. The Morgan fingerprint density at radius 2 is 1.60 bits per heavy atom. The molecule has 0 fully saturated rings. The average Bonchev–Trinajstić information content (AvgIpc) is 2.12. The van der Waals surface area contributed by atoms with Crippen LogP contribution >= 0.6 is 25.3 Å². The number of nitrogens with one attached hydrogen (secondary N) is 1. The molecule has 0 aromatic rings. The van der Waals surface area contributed by atoms with E-state index >= 15 is 0 Å². The van der Waals surface area contributed by atoms with Gasteiger partial charge in [-0.25, -0.2) is 0 Å². The fourth-order valence-electron chi connectivity index (χ4n) is 1.78. The molecule has 15 heavy (non-hydrogen) atoms. The zero-order chi connectivity index (χ0) is 11.7. The zero-order valence-corrected chi connectivity index (χ0v) is 12.2. The summed E-state index contributed by atoms with van der Waals surface area (Å²) in [6.45, 7) is 6.67. The Morgan fingerprint density at radius 1 is 1.00 bits per heavy atom. The van der Waals surface area contributed by atoms with E-state index < -0.39 is 0 Å². The number of unbranched alkanes of at least 4 members (excludes halogenated alkanes) is 1. The quantitative estimate of drug-likeness (QED) is 0.419. The first-order chi connectivity index (χ1) is 7.06. The first-order valence-electron chi connectivity index (χ1n) is 6.11. The standard InChI is InChI=1S/C12H27NS2/c1-10(2)13-11(3)6-4-5-7-12(15)8-9-14/h10-15H,4-9H2,1-3H3. The highest BCUT2D eigenvalue weighted by Gasteiger charge is 2.05. The molecule has 1 N–H and O–H groups in total. The van der Waals surface area contributed by atoms with Crippen LogP contribution in [0.4, 0.5) is 0 Å². The summed E-state index contributed by atoms with van der Waals surface area (Å²) in [6.07, 6.45) is 6.25. The highest BCUT2D eigenvalue weighted by Crippen LogP contribution is 2.13. The van der Waals surface area contributed by atoms with E-state index in [9.17, 15) is 0 Å². The summed E-state index contributed by atoms with van der Waals surface area (Å²) in [5.41, 5.74) is 0. The lowest BCUT2D eigenvalue weighted by atomic mass is 10.1. The minimum atomic E-state index is 0.552. The lowest BCUT2D eigenvalue weighted by Crippen LogP contribution is -2.32. The lowest BCUT2D eigenvalue weighted by molar-refractivity contribution is 0.445. The van der Waals surface area contributed by atoms with Crippen molar-refractivity contribution in [1.29, 1.82) is 0 Å². The van der Waals surface area contributed by atoms with Gasteiger partial charge in [0.2, 0.25) is 0 Å². The molecule has 2 atom stereocenters. The van der Waals surface area contributed by atoms with Crippen LogP contribution in [0.25, 0.3) is 0 Å². The smallest absolute Gasteiger partial charge is 0.00410 e. The van der Waals surface area contributed by atoms with Crippen molar-refractivity contribution in [2.24, 2.45) is 0 Å². The van der Waals surface area contributed by atoms with Crippen LogP contribution in [0.3, 0.4) is 0 Å². The van der Waals surface area contributed by atoms with E-state index in [0.717, 1.165) is 12.2 Å². The third-order valence-corrected chi connectivity index (χ3v) is 3.28. The van der Waals surface area contributed by atoms with E-state index in [-0.39, 0.29) is 0 Å². The minimum Gasteiger partial charge on any atom is -0.312 e. The molecular formula is C12H27NS2.